The molecule has 0 aromatic rings. The molecule has 0 radical (unpaired) electrons. The molecule has 1 unspecified atom stereocenters. The number of ether oxygens (including phenoxy) is 1. The molecule has 1 atom stereocenters. The third-order valence-electron chi connectivity index (χ3n) is 5.24. The van der Waals surface area contributed by atoms with Gasteiger partial charge in [-0.15, -0.1) is 0 Å². The Kier molecular flexibility index (Phi) is 4.08. The Morgan fingerprint density at radius 1 is 1.17 bits per heavy atom. The molecule has 1 N–H and O–H groups in total. The van der Waals surface area contributed by atoms with Gasteiger partial charge >= 0.3 is 0 Å². The fourth-order valence-electron chi connectivity index (χ4n) is 3.33. The quantitative estimate of drug-likeness (QED) is 0.767. The third kappa shape index (κ3) is 3.08. The normalized spacial score (nSPS) is 38.3. The molecule has 0 aromatic heterocycles. The lowest BCUT2D eigenvalue weighted by molar-refractivity contribution is -0.155. The van der Waals surface area contributed by atoms with Crippen molar-refractivity contribution in [3.63, 3.8) is 0 Å². The highest BCUT2D eigenvalue weighted by Gasteiger charge is 2.42. The van der Waals surface area contributed by atoms with Crippen LogP contribution in [0.15, 0.2) is 0 Å². The van der Waals surface area contributed by atoms with E-state index in [2.05, 4.69) is 39.9 Å². The molecule has 0 amide bonds. The second-order valence-electron chi connectivity index (χ2n) is 7.83. The van der Waals surface area contributed by atoms with Crippen molar-refractivity contribution < 1.29 is 4.74 Å². The first kappa shape index (κ1) is 14.3. The molecule has 2 nitrogen and oxygen atoms in total. The van der Waals surface area contributed by atoms with Crippen molar-refractivity contribution in [3.05, 3.63) is 0 Å². The summed E-state index contributed by atoms with van der Waals surface area (Å²) in [6.45, 7) is 13.7. The predicted molar refractivity (Wildman–Crippen MR) is 76.4 cm³/mol. The SMILES string of the molecule is CC(C)C1CCC2(CC1)NCC(C(C)(C)C)CO2. The first-order valence-corrected chi connectivity index (χ1v) is 7.71. The monoisotopic (exact) mass is 253 g/mol. The van der Waals surface area contributed by atoms with E-state index in [1.165, 1.54) is 25.7 Å². The molecule has 1 heterocycles. The van der Waals surface area contributed by atoms with Crippen molar-refractivity contribution in [2.24, 2.45) is 23.2 Å². The Balaban J connectivity index is 1.86. The molecule has 1 saturated carbocycles. The highest BCUT2D eigenvalue weighted by atomic mass is 16.5. The van der Waals surface area contributed by atoms with Gasteiger partial charge in [-0.2, -0.15) is 0 Å². The summed E-state index contributed by atoms with van der Waals surface area (Å²) in [6, 6.07) is 0. The minimum atomic E-state index is 0.0210. The molecule has 1 spiro atoms. The molecule has 0 aromatic carbocycles. The van der Waals surface area contributed by atoms with Crippen LogP contribution in [0.3, 0.4) is 0 Å². The van der Waals surface area contributed by atoms with Gasteiger partial charge in [-0.05, 0) is 48.9 Å². The standard InChI is InChI=1S/C16H31NO/c1-12(2)13-6-8-16(9-7-13)17-10-14(11-18-16)15(3,4)5/h12-14,17H,6-11H2,1-5H3. The zero-order valence-corrected chi connectivity index (χ0v) is 12.9. The number of rotatable bonds is 1. The van der Waals surface area contributed by atoms with E-state index in [4.69, 9.17) is 4.74 Å². The maximum atomic E-state index is 6.26. The van der Waals surface area contributed by atoms with E-state index in [-0.39, 0.29) is 5.72 Å². The number of hydrogen-bond acceptors (Lipinski definition) is 2. The largest absolute Gasteiger partial charge is 0.360 e. The van der Waals surface area contributed by atoms with Crippen LogP contribution in [0.4, 0.5) is 0 Å². The number of hydrogen-bond donors (Lipinski definition) is 1. The summed E-state index contributed by atoms with van der Waals surface area (Å²) in [7, 11) is 0. The Bertz CT molecular complexity index is 261. The van der Waals surface area contributed by atoms with Crippen molar-refractivity contribution >= 4 is 0 Å². The van der Waals surface area contributed by atoms with Crippen LogP contribution in [0.2, 0.25) is 0 Å². The number of nitrogens with one attached hydrogen (secondary N) is 1. The maximum absolute atomic E-state index is 6.26. The van der Waals surface area contributed by atoms with E-state index < -0.39 is 0 Å². The van der Waals surface area contributed by atoms with Crippen LogP contribution >= 0.6 is 0 Å². The Morgan fingerprint density at radius 2 is 1.78 bits per heavy atom. The lowest BCUT2D eigenvalue weighted by Crippen LogP contribution is -2.58. The lowest BCUT2D eigenvalue weighted by atomic mass is 9.75. The van der Waals surface area contributed by atoms with E-state index in [9.17, 15) is 0 Å². The van der Waals surface area contributed by atoms with E-state index in [1.807, 2.05) is 0 Å². The molecule has 2 heteroatoms. The minimum Gasteiger partial charge on any atom is -0.360 e. The molecule has 2 aliphatic rings. The average Bonchev–Trinajstić information content (AvgIpc) is 2.29. The van der Waals surface area contributed by atoms with Crippen LogP contribution in [0.25, 0.3) is 0 Å². The molecule has 1 aliphatic carbocycles. The van der Waals surface area contributed by atoms with Gasteiger partial charge in [0.15, 0.2) is 0 Å². The van der Waals surface area contributed by atoms with Gasteiger partial charge in [-0.25, -0.2) is 0 Å². The summed E-state index contributed by atoms with van der Waals surface area (Å²) in [5, 5.41) is 3.73. The fraction of sp³-hybridized carbons (Fsp3) is 1.00. The molecule has 1 aliphatic heterocycles. The Labute approximate surface area is 113 Å². The molecule has 1 saturated heterocycles. The van der Waals surface area contributed by atoms with E-state index in [1.54, 1.807) is 0 Å². The highest BCUT2D eigenvalue weighted by molar-refractivity contribution is 4.91. The fourth-order valence-corrected chi connectivity index (χ4v) is 3.33. The topological polar surface area (TPSA) is 21.3 Å². The van der Waals surface area contributed by atoms with Gasteiger partial charge in [0.05, 0.1) is 6.61 Å². The Morgan fingerprint density at radius 3 is 2.17 bits per heavy atom. The Hall–Kier alpha value is -0.0800. The van der Waals surface area contributed by atoms with Crippen molar-refractivity contribution in [1.82, 2.24) is 5.32 Å². The third-order valence-corrected chi connectivity index (χ3v) is 5.24. The van der Waals surface area contributed by atoms with Gasteiger partial charge < -0.3 is 4.74 Å². The van der Waals surface area contributed by atoms with E-state index >= 15 is 0 Å². The van der Waals surface area contributed by atoms with Crippen LogP contribution < -0.4 is 5.32 Å². The van der Waals surface area contributed by atoms with Crippen LogP contribution in [0.1, 0.15) is 60.3 Å². The second kappa shape index (κ2) is 5.13. The summed E-state index contributed by atoms with van der Waals surface area (Å²) >= 11 is 0. The summed E-state index contributed by atoms with van der Waals surface area (Å²) in [6.07, 6.45) is 5.05. The maximum Gasteiger partial charge on any atom is 0.119 e. The van der Waals surface area contributed by atoms with Gasteiger partial charge in [-0.3, -0.25) is 5.32 Å². The molecule has 18 heavy (non-hydrogen) atoms. The predicted octanol–water partition coefficient (Wildman–Crippen LogP) is 3.81. The van der Waals surface area contributed by atoms with Gasteiger partial charge in [0, 0.05) is 6.54 Å². The molecule has 2 rings (SSSR count). The smallest absolute Gasteiger partial charge is 0.119 e. The summed E-state index contributed by atoms with van der Waals surface area (Å²) in [5.74, 6) is 2.38. The van der Waals surface area contributed by atoms with Crippen molar-refractivity contribution in [2.75, 3.05) is 13.2 Å². The van der Waals surface area contributed by atoms with E-state index in [0.29, 0.717) is 11.3 Å². The van der Waals surface area contributed by atoms with Crippen molar-refractivity contribution in [2.45, 2.75) is 66.0 Å². The first-order valence-electron chi connectivity index (χ1n) is 7.71. The summed E-state index contributed by atoms with van der Waals surface area (Å²) in [5.41, 5.74) is 0.372. The van der Waals surface area contributed by atoms with Crippen molar-refractivity contribution in [3.8, 4) is 0 Å². The van der Waals surface area contributed by atoms with Crippen LogP contribution in [0, 0.1) is 23.2 Å². The van der Waals surface area contributed by atoms with Crippen LogP contribution in [-0.2, 0) is 4.74 Å². The summed E-state index contributed by atoms with van der Waals surface area (Å²) < 4.78 is 6.26. The molecule has 106 valence electrons. The molecular formula is C16H31NO. The summed E-state index contributed by atoms with van der Waals surface area (Å²) in [4.78, 5) is 0. The van der Waals surface area contributed by atoms with Gasteiger partial charge in [0.25, 0.3) is 0 Å². The van der Waals surface area contributed by atoms with Gasteiger partial charge in [0.1, 0.15) is 5.72 Å². The van der Waals surface area contributed by atoms with Gasteiger partial charge in [-0.1, -0.05) is 34.6 Å². The first-order chi connectivity index (χ1) is 8.32. The molecule has 2 fully saturated rings. The second-order valence-corrected chi connectivity index (χ2v) is 7.83. The van der Waals surface area contributed by atoms with Gasteiger partial charge in [0.2, 0.25) is 0 Å². The lowest BCUT2D eigenvalue weighted by Gasteiger charge is -2.48. The zero-order chi connectivity index (χ0) is 13.4. The zero-order valence-electron chi connectivity index (χ0n) is 12.9. The van der Waals surface area contributed by atoms with E-state index in [0.717, 1.165) is 25.0 Å². The van der Waals surface area contributed by atoms with Crippen molar-refractivity contribution in [1.29, 1.82) is 0 Å². The minimum absolute atomic E-state index is 0.0210. The van der Waals surface area contributed by atoms with Crippen LogP contribution in [-0.4, -0.2) is 18.9 Å². The average molecular weight is 253 g/mol. The highest BCUT2D eigenvalue weighted by Crippen LogP contribution is 2.40. The molecular weight excluding hydrogens is 222 g/mol. The molecule has 0 bridgehead atoms. The van der Waals surface area contributed by atoms with Crippen LogP contribution in [0.5, 0.6) is 0 Å².